The van der Waals surface area contributed by atoms with E-state index < -0.39 is 11.6 Å². The molecule has 0 spiro atoms. The third kappa shape index (κ3) is 5.81. The van der Waals surface area contributed by atoms with Gasteiger partial charge in [0.25, 0.3) is 0 Å². The third-order valence-electron chi connectivity index (χ3n) is 3.88. The number of nitrogens with zero attached hydrogens (tertiary/aromatic N) is 1. The molecule has 0 fully saturated rings. The predicted molar refractivity (Wildman–Crippen MR) is 104 cm³/mol. The quantitative estimate of drug-likeness (QED) is 0.730. The normalized spacial score (nSPS) is 10.9. The van der Waals surface area contributed by atoms with Crippen molar-refractivity contribution in [2.45, 2.75) is 32.7 Å². The third-order valence-corrected chi connectivity index (χ3v) is 3.88. The summed E-state index contributed by atoms with van der Waals surface area (Å²) in [5.74, 6) is 0. The van der Waals surface area contributed by atoms with E-state index in [2.05, 4.69) is 10.6 Å². The molecule has 0 radical (unpaired) electrons. The Morgan fingerprint density at radius 1 is 0.962 bits per heavy atom. The van der Waals surface area contributed by atoms with Crippen molar-refractivity contribution in [1.29, 1.82) is 0 Å². The van der Waals surface area contributed by atoms with E-state index >= 15 is 0 Å². The zero-order valence-corrected chi connectivity index (χ0v) is 15.3. The molecule has 0 aromatic heterocycles. The van der Waals surface area contributed by atoms with Crippen molar-refractivity contribution in [3.05, 3.63) is 60.2 Å². The molecule has 3 amide bonds. The highest BCUT2D eigenvalue weighted by molar-refractivity contribution is 5.99. The van der Waals surface area contributed by atoms with E-state index in [-0.39, 0.29) is 6.03 Å². The molecule has 2 aromatic carbocycles. The number of anilines is 2. The molecular weight excluding hydrogens is 330 g/mol. The average Bonchev–Trinajstić information content (AvgIpc) is 2.54. The summed E-state index contributed by atoms with van der Waals surface area (Å²) < 4.78 is 0. The van der Waals surface area contributed by atoms with Crippen LogP contribution >= 0.6 is 0 Å². The molecular formula is C20H25N3O3. The van der Waals surface area contributed by atoms with Crippen molar-refractivity contribution < 1.29 is 14.7 Å². The lowest BCUT2D eigenvalue weighted by Gasteiger charge is -2.33. The number of para-hydroxylation sites is 1. The predicted octanol–water partition coefficient (Wildman–Crippen LogP) is 4.65. The maximum absolute atomic E-state index is 12.1. The number of urea groups is 1. The van der Waals surface area contributed by atoms with E-state index in [1.807, 2.05) is 69.3 Å². The lowest BCUT2D eigenvalue weighted by atomic mass is 10.0. The van der Waals surface area contributed by atoms with E-state index in [0.717, 1.165) is 5.56 Å². The molecule has 0 saturated carbocycles. The van der Waals surface area contributed by atoms with Gasteiger partial charge in [0.2, 0.25) is 0 Å². The molecule has 0 saturated heterocycles. The monoisotopic (exact) mass is 355 g/mol. The van der Waals surface area contributed by atoms with Crippen molar-refractivity contribution >= 4 is 23.5 Å². The fourth-order valence-corrected chi connectivity index (χ4v) is 2.58. The van der Waals surface area contributed by atoms with Gasteiger partial charge >= 0.3 is 12.1 Å². The van der Waals surface area contributed by atoms with E-state index in [4.69, 9.17) is 0 Å². The highest BCUT2D eigenvalue weighted by Gasteiger charge is 2.25. The van der Waals surface area contributed by atoms with Gasteiger partial charge in [0.15, 0.2) is 0 Å². The summed E-state index contributed by atoms with van der Waals surface area (Å²) in [4.78, 5) is 24.9. The smallest absolute Gasteiger partial charge is 0.407 e. The molecule has 0 aliphatic heterocycles. The van der Waals surface area contributed by atoms with Crippen LogP contribution in [-0.4, -0.2) is 34.2 Å². The van der Waals surface area contributed by atoms with Crippen LogP contribution in [0.1, 0.15) is 26.3 Å². The van der Waals surface area contributed by atoms with Crippen LogP contribution in [0.5, 0.6) is 0 Å². The number of hydrogen-bond donors (Lipinski definition) is 3. The van der Waals surface area contributed by atoms with Gasteiger partial charge in [0.1, 0.15) is 0 Å². The van der Waals surface area contributed by atoms with Gasteiger partial charge in [-0.1, -0.05) is 30.3 Å². The summed E-state index contributed by atoms with van der Waals surface area (Å²) in [5.41, 5.74) is 1.87. The number of hydrogen-bond acceptors (Lipinski definition) is 2. The number of carbonyl (C=O) groups is 2. The summed E-state index contributed by atoms with van der Waals surface area (Å²) in [6.07, 6.45) is -0.367. The molecule has 26 heavy (non-hydrogen) atoms. The summed E-state index contributed by atoms with van der Waals surface area (Å²) >= 11 is 0. The molecule has 0 heterocycles. The Labute approximate surface area is 153 Å². The zero-order valence-electron chi connectivity index (χ0n) is 15.3. The van der Waals surface area contributed by atoms with Crippen LogP contribution in [0.4, 0.5) is 21.0 Å². The molecule has 0 aliphatic carbocycles. The molecule has 6 nitrogen and oxygen atoms in total. The maximum atomic E-state index is 12.1. The Morgan fingerprint density at radius 2 is 1.58 bits per heavy atom. The Balaban J connectivity index is 1.97. The Kier molecular flexibility index (Phi) is 6.22. The van der Waals surface area contributed by atoms with Gasteiger partial charge in [0, 0.05) is 23.5 Å². The first-order valence-corrected chi connectivity index (χ1v) is 8.48. The van der Waals surface area contributed by atoms with Crippen LogP contribution in [0.2, 0.25) is 0 Å². The summed E-state index contributed by atoms with van der Waals surface area (Å²) in [7, 11) is 0. The maximum Gasteiger partial charge on any atom is 0.407 e. The standard InChI is InChI=1S/C20H25N3O3/c1-20(2,3)23(19(25)26)13-12-15-8-7-11-17(14-15)22-18(24)21-16-9-5-4-6-10-16/h4-11,14H,12-13H2,1-3H3,(H,25,26)(H2,21,22,24). The van der Waals surface area contributed by atoms with Gasteiger partial charge in [0.05, 0.1) is 0 Å². The van der Waals surface area contributed by atoms with E-state index in [1.54, 1.807) is 6.07 Å². The van der Waals surface area contributed by atoms with Crippen molar-refractivity contribution in [3.8, 4) is 0 Å². The van der Waals surface area contributed by atoms with Gasteiger partial charge in [-0.15, -0.1) is 0 Å². The second kappa shape index (κ2) is 8.38. The molecule has 2 rings (SSSR count). The molecule has 0 atom stereocenters. The number of nitrogens with one attached hydrogen (secondary N) is 2. The fraction of sp³-hybridized carbons (Fsp3) is 0.300. The first kappa shape index (κ1) is 19.3. The molecule has 0 unspecified atom stereocenters. The minimum Gasteiger partial charge on any atom is -0.465 e. The van der Waals surface area contributed by atoms with Gasteiger partial charge in [-0.25, -0.2) is 9.59 Å². The van der Waals surface area contributed by atoms with Crippen LogP contribution in [0.25, 0.3) is 0 Å². The highest BCUT2D eigenvalue weighted by Crippen LogP contribution is 2.17. The lowest BCUT2D eigenvalue weighted by Crippen LogP contribution is -2.45. The topological polar surface area (TPSA) is 81.7 Å². The minimum absolute atomic E-state index is 0.324. The van der Waals surface area contributed by atoms with Crippen LogP contribution in [-0.2, 0) is 6.42 Å². The average molecular weight is 355 g/mol. The van der Waals surface area contributed by atoms with Crippen LogP contribution in [0, 0.1) is 0 Å². The first-order valence-electron chi connectivity index (χ1n) is 8.48. The van der Waals surface area contributed by atoms with Crippen molar-refractivity contribution in [1.82, 2.24) is 4.90 Å². The van der Waals surface area contributed by atoms with E-state index in [1.165, 1.54) is 4.90 Å². The van der Waals surface area contributed by atoms with Gasteiger partial charge < -0.3 is 20.6 Å². The van der Waals surface area contributed by atoms with Gasteiger partial charge in [-0.2, -0.15) is 0 Å². The number of benzene rings is 2. The lowest BCUT2D eigenvalue weighted by molar-refractivity contribution is 0.101. The Hall–Kier alpha value is -3.02. The molecule has 3 N–H and O–H groups in total. The van der Waals surface area contributed by atoms with Crippen molar-refractivity contribution in [3.63, 3.8) is 0 Å². The molecule has 6 heteroatoms. The number of rotatable bonds is 5. The molecule has 0 aliphatic rings. The van der Waals surface area contributed by atoms with Crippen LogP contribution < -0.4 is 10.6 Å². The zero-order chi connectivity index (χ0) is 19.2. The van der Waals surface area contributed by atoms with Crippen LogP contribution in [0.3, 0.4) is 0 Å². The van der Waals surface area contributed by atoms with E-state index in [0.29, 0.717) is 24.3 Å². The van der Waals surface area contributed by atoms with Crippen molar-refractivity contribution in [2.24, 2.45) is 0 Å². The first-order chi connectivity index (χ1) is 12.3. The fourth-order valence-electron chi connectivity index (χ4n) is 2.58. The number of amides is 3. The van der Waals surface area contributed by atoms with Gasteiger partial charge in [-0.3, -0.25) is 0 Å². The number of carboxylic acid groups (broad SMARTS) is 1. The Bertz CT molecular complexity index is 754. The summed E-state index contributed by atoms with van der Waals surface area (Å²) in [6.45, 7) is 5.99. The Morgan fingerprint density at radius 3 is 2.19 bits per heavy atom. The SMILES string of the molecule is CC(C)(C)N(CCc1cccc(NC(=O)Nc2ccccc2)c1)C(=O)O. The van der Waals surface area contributed by atoms with E-state index in [9.17, 15) is 14.7 Å². The summed E-state index contributed by atoms with van der Waals surface area (Å²) in [5, 5.41) is 14.9. The second-order valence-corrected chi connectivity index (χ2v) is 7.00. The summed E-state index contributed by atoms with van der Waals surface area (Å²) in [6, 6.07) is 16.3. The minimum atomic E-state index is -0.936. The second-order valence-electron chi connectivity index (χ2n) is 7.00. The van der Waals surface area contributed by atoms with Gasteiger partial charge in [-0.05, 0) is 57.0 Å². The molecule has 0 bridgehead atoms. The largest absolute Gasteiger partial charge is 0.465 e. The highest BCUT2D eigenvalue weighted by atomic mass is 16.4. The number of carbonyl (C=O) groups excluding carboxylic acids is 1. The van der Waals surface area contributed by atoms with Crippen molar-refractivity contribution in [2.75, 3.05) is 17.2 Å². The van der Waals surface area contributed by atoms with Crippen LogP contribution in [0.15, 0.2) is 54.6 Å². The molecule has 2 aromatic rings. The molecule has 138 valence electrons.